The van der Waals surface area contributed by atoms with Crippen molar-refractivity contribution in [2.75, 3.05) is 67.1 Å². The third-order valence-electron chi connectivity index (χ3n) is 5.61. The van der Waals surface area contributed by atoms with Gasteiger partial charge in [0.1, 0.15) is 13.2 Å². The highest BCUT2D eigenvalue weighted by Crippen LogP contribution is 2.39. The maximum atomic E-state index is 12.2. The Hall–Kier alpha value is -3.44. The number of rotatable bonds is 4. The van der Waals surface area contributed by atoms with E-state index in [1.54, 1.807) is 12.1 Å². The monoisotopic (exact) mass is 542 g/mol. The summed E-state index contributed by atoms with van der Waals surface area (Å²) in [5.74, 6) is 0.158. The summed E-state index contributed by atoms with van der Waals surface area (Å²) < 4.78 is 38.2. The zero-order chi connectivity index (χ0) is 26.7. The summed E-state index contributed by atoms with van der Waals surface area (Å²) in [5.41, 5.74) is 2.18. The molecule has 2 aromatic carbocycles. The summed E-state index contributed by atoms with van der Waals surface area (Å²) in [6.07, 6.45) is 0. The second kappa shape index (κ2) is 13.9. The summed E-state index contributed by atoms with van der Waals surface area (Å²) in [6, 6.07) is 14.5. The molecule has 0 saturated carbocycles. The van der Waals surface area contributed by atoms with E-state index in [0.717, 1.165) is 15.3 Å². The van der Waals surface area contributed by atoms with Gasteiger partial charge in [-0.25, -0.2) is 9.59 Å². The highest BCUT2D eigenvalue weighted by Gasteiger charge is 2.17. The molecule has 0 atom stereocenters. The molecule has 10 heteroatoms. The lowest BCUT2D eigenvalue weighted by Gasteiger charge is -2.14. The largest absolute Gasteiger partial charge is 0.487 e. The molecule has 1 aromatic heterocycles. The Morgan fingerprint density at radius 1 is 0.605 bits per heavy atom. The van der Waals surface area contributed by atoms with Crippen molar-refractivity contribution < 1.29 is 42.7 Å². The molecule has 0 aliphatic carbocycles. The minimum absolute atomic E-state index is 0.269. The van der Waals surface area contributed by atoms with E-state index in [1.165, 1.54) is 31.6 Å². The average Bonchev–Trinajstić information content (AvgIpc) is 3.44. The Morgan fingerprint density at radius 2 is 1.11 bits per heavy atom. The third kappa shape index (κ3) is 7.32. The van der Waals surface area contributed by atoms with Crippen molar-refractivity contribution in [3.8, 4) is 32.4 Å². The predicted octanol–water partition coefficient (Wildman–Crippen LogP) is 4.48. The molecular weight excluding hydrogens is 512 g/mol. The van der Waals surface area contributed by atoms with Gasteiger partial charge in [0.15, 0.2) is 11.5 Å². The van der Waals surface area contributed by atoms with E-state index in [9.17, 15) is 9.59 Å². The van der Waals surface area contributed by atoms with Crippen molar-refractivity contribution in [1.29, 1.82) is 0 Å². The van der Waals surface area contributed by atoms with Crippen molar-refractivity contribution in [2.45, 2.75) is 0 Å². The van der Waals surface area contributed by atoms with E-state index in [0.29, 0.717) is 69.9 Å². The van der Waals surface area contributed by atoms with Gasteiger partial charge in [-0.1, -0.05) is 0 Å². The normalized spacial score (nSPS) is 15.1. The predicted molar refractivity (Wildman–Crippen MR) is 141 cm³/mol. The molecule has 0 unspecified atom stereocenters. The molecular formula is C28H30O9S. The molecule has 1 aliphatic heterocycles. The lowest BCUT2D eigenvalue weighted by atomic mass is 10.0. The summed E-state index contributed by atoms with van der Waals surface area (Å²) in [5, 5.41) is 0. The van der Waals surface area contributed by atoms with Crippen LogP contribution in [0.3, 0.4) is 0 Å². The van der Waals surface area contributed by atoms with Crippen molar-refractivity contribution in [3.05, 3.63) is 59.7 Å². The van der Waals surface area contributed by atoms with Crippen molar-refractivity contribution >= 4 is 23.3 Å². The second-order valence-corrected chi connectivity index (χ2v) is 9.23. The topological polar surface area (TPSA) is 98.8 Å². The van der Waals surface area contributed by atoms with Crippen LogP contribution in [0.25, 0.3) is 20.9 Å². The van der Waals surface area contributed by atoms with E-state index in [1.807, 2.05) is 30.3 Å². The molecule has 38 heavy (non-hydrogen) atoms. The number of esters is 2. The van der Waals surface area contributed by atoms with E-state index >= 15 is 0 Å². The van der Waals surface area contributed by atoms with Gasteiger partial charge >= 0.3 is 11.9 Å². The molecule has 0 spiro atoms. The number of ether oxygens (including phenoxy) is 7. The fourth-order valence-electron chi connectivity index (χ4n) is 3.75. The van der Waals surface area contributed by atoms with Crippen LogP contribution in [0.5, 0.6) is 11.5 Å². The van der Waals surface area contributed by atoms with Crippen LogP contribution in [0, 0.1) is 0 Å². The van der Waals surface area contributed by atoms with Gasteiger partial charge in [-0.15, -0.1) is 11.3 Å². The number of carbonyl (C=O) groups excluding carboxylic acids is 2. The Labute approximate surface area is 225 Å². The van der Waals surface area contributed by atoms with Gasteiger partial charge in [-0.05, 0) is 59.7 Å². The number of benzene rings is 2. The standard InChI is InChI=1S/C28H30O9S/c1-31-27(29)21-15-20(16-22(17-21)28(30)32-2)26-6-5-25(38-26)19-3-4-23-24(18-19)37-14-12-35-10-8-33-7-9-34-11-13-36-23/h3-6,15-18H,7-14H2,1-2H3. The number of hydrogen-bond donors (Lipinski definition) is 0. The highest BCUT2D eigenvalue weighted by atomic mass is 32.1. The molecule has 2 heterocycles. The van der Waals surface area contributed by atoms with Gasteiger partial charge in [0.05, 0.1) is 65.0 Å². The van der Waals surface area contributed by atoms with Gasteiger partial charge in [0, 0.05) is 9.75 Å². The second-order valence-electron chi connectivity index (χ2n) is 8.14. The van der Waals surface area contributed by atoms with Crippen molar-refractivity contribution in [3.63, 3.8) is 0 Å². The van der Waals surface area contributed by atoms with E-state index in [4.69, 9.17) is 33.2 Å². The molecule has 0 fully saturated rings. The molecule has 0 amide bonds. The Balaban J connectivity index is 1.59. The molecule has 0 bridgehead atoms. The molecule has 0 saturated heterocycles. The van der Waals surface area contributed by atoms with Crippen LogP contribution in [0.1, 0.15) is 20.7 Å². The maximum Gasteiger partial charge on any atom is 0.337 e. The number of fused-ring (bicyclic) bond motifs is 1. The van der Waals surface area contributed by atoms with Gasteiger partial charge in [-0.3, -0.25) is 0 Å². The molecule has 202 valence electrons. The first-order chi connectivity index (χ1) is 18.6. The van der Waals surface area contributed by atoms with Crippen LogP contribution < -0.4 is 9.47 Å². The van der Waals surface area contributed by atoms with E-state index in [2.05, 4.69) is 0 Å². The minimum atomic E-state index is -0.533. The van der Waals surface area contributed by atoms with Gasteiger partial charge < -0.3 is 33.2 Å². The van der Waals surface area contributed by atoms with Crippen LogP contribution in [0.4, 0.5) is 0 Å². The van der Waals surface area contributed by atoms with E-state index in [-0.39, 0.29) is 11.1 Å². The Morgan fingerprint density at radius 3 is 1.66 bits per heavy atom. The van der Waals surface area contributed by atoms with Crippen molar-refractivity contribution in [2.24, 2.45) is 0 Å². The molecule has 3 aromatic rings. The summed E-state index contributed by atoms with van der Waals surface area (Å²) in [6.45, 7) is 3.61. The zero-order valence-corrected chi connectivity index (χ0v) is 22.2. The number of hydrogen-bond acceptors (Lipinski definition) is 10. The first-order valence-corrected chi connectivity index (χ1v) is 13.0. The fourth-order valence-corrected chi connectivity index (χ4v) is 4.74. The number of methoxy groups -OCH3 is 2. The number of carbonyl (C=O) groups is 2. The molecule has 4 rings (SSSR count). The van der Waals surface area contributed by atoms with Gasteiger partial charge in [-0.2, -0.15) is 0 Å². The fraction of sp³-hybridized carbons (Fsp3) is 0.357. The lowest BCUT2D eigenvalue weighted by molar-refractivity contribution is 0.00708. The first kappa shape index (κ1) is 27.6. The molecule has 1 aliphatic rings. The van der Waals surface area contributed by atoms with Crippen LogP contribution in [0.2, 0.25) is 0 Å². The maximum absolute atomic E-state index is 12.2. The zero-order valence-electron chi connectivity index (χ0n) is 21.4. The van der Waals surface area contributed by atoms with E-state index < -0.39 is 11.9 Å². The number of thiophene rings is 1. The van der Waals surface area contributed by atoms with Crippen LogP contribution >= 0.6 is 11.3 Å². The van der Waals surface area contributed by atoms with Crippen LogP contribution in [-0.4, -0.2) is 79.0 Å². The Kier molecular flexibility index (Phi) is 10.1. The van der Waals surface area contributed by atoms with Gasteiger partial charge in [0.2, 0.25) is 0 Å². The van der Waals surface area contributed by atoms with Crippen LogP contribution in [-0.2, 0) is 23.7 Å². The summed E-state index contributed by atoms with van der Waals surface area (Å²) in [4.78, 5) is 26.2. The third-order valence-corrected chi connectivity index (χ3v) is 6.79. The minimum Gasteiger partial charge on any atom is -0.487 e. The summed E-state index contributed by atoms with van der Waals surface area (Å²) >= 11 is 1.52. The molecule has 0 radical (unpaired) electrons. The molecule has 9 nitrogen and oxygen atoms in total. The molecule has 0 N–H and O–H groups in total. The summed E-state index contributed by atoms with van der Waals surface area (Å²) in [7, 11) is 2.60. The average molecular weight is 543 g/mol. The SMILES string of the molecule is COC(=O)c1cc(C(=O)OC)cc(-c2ccc(-c3ccc4c(c3)OCCOCCOCCOCCO4)s2)c1. The smallest absolute Gasteiger partial charge is 0.337 e. The van der Waals surface area contributed by atoms with Crippen LogP contribution in [0.15, 0.2) is 48.5 Å². The van der Waals surface area contributed by atoms with Crippen molar-refractivity contribution in [1.82, 2.24) is 0 Å². The first-order valence-electron chi connectivity index (χ1n) is 12.1. The highest BCUT2D eigenvalue weighted by molar-refractivity contribution is 7.18. The Bertz CT molecular complexity index is 1200. The van der Waals surface area contributed by atoms with Gasteiger partial charge in [0.25, 0.3) is 0 Å². The lowest BCUT2D eigenvalue weighted by Crippen LogP contribution is -2.13. The quantitative estimate of drug-likeness (QED) is 0.442.